The number of hydrogen-bond donors (Lipinski definition) is 0. The fraction of sp³-hybridized carbons (Fsp3) is 0.889. The molecule has 11 heavy (non-hydrogen) atoms. The highest BCUT2D eigenvalue weighted by atomic mass is 15.2. The lowest BCUT2D eigenvalue weighted by molar-refractivity contribution is 0.384. The van der Waals surface area contributed by atoms with Crippen molar-refractivity contribution in [3.8, 4) is 6.19 Å². The Balaban J connectivity index is 0.000000461. The van der Waals surface area contributed by atoms with Gasteiger partial charge in [0.2, 0.25) is 0 Å². The lowest BCUT2D eigenvalue weighted by Crippen LogP contribution is -2.20. The van der Waals surface area contributed by atoms with Crippen LogP contribution in [0.1, 0.15) is 34.1 Å². The van der Waals surface area contributed by atoms with Crippen molar-refractivity contribution in [1.29, 1.82) is 5.26 Å². The molecule has 1 rings (SSSR count). The second kappa shape index (κ2) is 5.01. The first kappa shape index (κ1) is 10.3. The van der Waals surface area contributed by atoms with Crippen molar-refractivity contribution in [2.24, 2.45) is 5.92 Å². The molecule has 0 aromatic rings. The molecular weight excluding hydrogens is 136 g/mol. The van der Waals surface area contributed by atoms with Crippen LogP contribution >= 0.6 is 0 Å². The van der Waals surface area contributed by atoms with Gasteiger partial charge in [0.1, 0.15) is 0 Å². The number of hydrogen-bond acceptors (Lipinski definition) is 2. The third kappa shape index (κ3) is 2.80. The van der Waals surface area contributed by atoms with E-state index in [-0.39, 0.29) is 0 Å². The highest BCUT2D eigenvalue weighted by molar-refractivity contribution is 4.88. The van der Waals surface area contributed by atoms with E-state index in [9.17, 15) is 0 Å². The SMILES string of the molecule is CC.CC1CC(C)N(C#N)C1. The second-order valence-electron chi connectivity index (χ2n) is 2.94. The molecule has 0 spiro atoms. The predicted molar refractivity (Wildman–Crippen MR) is 46.9 cm³/mol. The Bertz CT molecular complexity index is 137. The van der Waals surface area contributed by atoms with Crippen LogP contribution in [0.4, 0.5) is 0 Å². The minimum absolute atomic E-state index is 0.477. The van der Waals surface area contributed by atoms with Gasteiger partial charge in [-0.25, -0.2) is 0 Å². The van der Waals surface area contributed by atoms with E-state index in [0.29, 0.717) is 12.0 Å². The summed E-state index contributed by atoms with van der Waals surface area (Å²) in [7, 11) is 0. The summed E-state index contributed by atoms with van der Waals surface area (Å²) in [4.78, 5) is 1.85. The molecule has 1 aliphatic heterocycles. The average molecular weight is 154 g/mol. The van der Waals surface area contributed by atoms with Crippen molar-refractivity contribution in [2.45, 2.75) is 40.2 Å². The number of likely N-dealkylation sites (tertiary alicyclic amines) is 1. The van der Waals surface area contributed by atoms with Crippen LogP contribution in [0, 0.1) is 17.4 Å². The first-order valence-corrected chi connectivity index (χ1v) is 4.40. The Morgan fingerprint density at radius 3 is 2.09 bits per heavy atom. The van der Waals surface area contributed by atoms with E-state index < -0.39 is 0 Å². The third-order valence-electron chi connectivity index (χ3n) is 1.91. The van der Waals surface area contributed by atoms with Gasteiger partial charge in [-0.05, 0) is 19.3 Å². The molecule has 0 bridgehead atoms. The predicted octanol–water partition coefficient (Wildman–Crippen LogP) is 2.22. The molecule has 1 saturated heterocycles. The standard InChI is InChI=1S/C7H12N2.C2H6/c1-6-3-7(2)9(4-6)5-8;1-2/h6-7H,3-4H2,1-2H3;1-2H3. The molecule has 2 heteroatoms. The number of nitrogens with zero attached hydrogens (tertiary/aromatic N) is 2. The normalized spacial score (nSPS) is 28.8. The Labute approximate surface area is 69.8 Å². The zero-order valence-electron chi connectivity index (χ0n) is 7.96. The van der Waals surface area contributed by atoms with Crippen molar-refractivity contribution < 1.29 is 0 Å². The van der Waals surface area contributed by atoms with Gasteiger partial charge in [0, 0.05) is 12.6 Å². The molecule has 0 aromatic heterocycles. The van der Waals surface area contributed by atoms with Crippen LogP contribution in [-0.2, 0) is 0 Å². The highest BCUT2D eigenvalue weighted by Gasteiger charge is 2.24. The maximum absolute atomic E-state index is 8.53. The maximum atomic E-state index is 8.53. The molecule has 0 radical (unpaired) electrons. The Morgan fingerprint density at radius 1 is 1.36 bits per heavy atom. The molecule has 1 fully saturated rings. The number of nitriles is 1. The van der Waals surface area contributed by atoms with Crippen LogP contribution in [0.15, 0.2) is 0 Å². The van der Waals surface area contributed by atoms with E-state index in [0.717, 1.165) is 6.54 Å². The van der Waals surface area contributed by atoms with Crippen molar-refractivity contribution in [3.63, 3.8) is 0 Å². The molecule has 64 valence electrons. The van der Waals surface area contributed by atoms with E-state index in [2.05, 4.69) is 20.0 Å². The number of rotatable bonds is 0. The molecule has 1 aliphatic rings. The minimum Gasteiger partial charge on any atom is -0.308 e. The monoisotopic (exact) mass is 154 g/mol. The first-order chi connectivity index (χ1) is 5.24. The van der Waals surface area contributed by atoms with E-state index in [1.165, 1.54) is 6.42 Å². The lowest BCUT2D eigenvalue weighted by Gasteiger charge is -2.11. The minimum atomic E-state index is 0.477. The average Bonchev–Trinajstić information content (AvgIpc) is 2.33. The first-order valence-electron chi connectivity index (χ1n) is 4.40. The van der Waals surface area contributed by atoms with Gasteiger partial charge in [0.15, 0.2) is 6.19 Å². The molecular formula is C9H18N2. The van der Waals surface area contributed by atoms with E-state index in [1.807, 2.05) is 18.7 Å². The smallest absolute Gasteiger partial charge is 0.179 e. The van der Waals surface area contributed by atoms with E-state index >= 15 is 0 Å². The zero-order valence-corrected chi connectivity index (χ0v) is 7.96. The summed E-state index contributed by atoms with van der Waals surface area (Å²) < 4.78 is 0. The molecule has 0 N–H and O–H groups in total. The largest absolute Gasteiger partial charge is 0.308 e. The molecule has 0 aromatic carbocycles. The van der Waals surface area contributed by atoms with E-state index in [1.54, 1.807) is 0 Å². The molecule has 0 aliphatic carbocycles. The van der Waals surface area contributed by atoms with Crippen LogP contribution in [0.3, 0.4) is 0 Å². The summed E-state index contributed by atoms with van der Waals surface area (Å²) in [6.07, 6.45) is 3.35. The van der Waals surface area contributed by atoms with Crippen molar-refractivity contribution in [2.75, 3.05) is 6.54 Å². The van der Waals surface area contributed by atoms with Crippen molar-refractivity contribution in [1.82, 2.24) is 4.90 Å². The molecule has 2 unspecified atom stereocenters. The summed E-state index contributed by atoms with van der Waals surface area (Å²) in [5.74, 6) is 0.708. The van der Waals surface area contributed by atoms with Gasteiger partial charge in [-0.15, -0.1) is 0 Å². The quantitative estimate of drug-likeness (QED) is 0.500. The summed E-state index contributed by atoms with van der Waals surface area (Å²) in [5.41, 5.74) is 0. The summed E-state index contributed by atoms with van der Waals surface area (Å²) in [6, 6.07) is 0.477. The van der Waals surface area contributed by atoms with E-state index in [4.69, 9.17) is 5.26 Å². The zero-order chi connectivity index (χ0) is 8.85. The van der Waals surface area contributed by atoms with Gasteiger partial charge in [-0.1, -0.05) is 20.8 Å². The molecule has 0 saturated carbocycles. The second-order valence-corrected chi connectivity index (χ2v) is 2.94. The van der Waals surface area contributed by atoms with Crippen LogP contribution in [0.2, 0.25) is 0 Å². The van der Waals surface area contributed by atoms with Crippen molar-refractivity contribution in [3.05, 3.63) is 0 Å². The maximum Gasteiger partial charge on any atom is 0.179 e. The van der Waals surface area contributed by atoms with Gasteiger partial charge < -0.3 is 4.90 Å². The van der Waals surface area contributed by atoms with Gasteiger partial charge in [-0.2, -0.15) is 5.26 Å². The Morgan fingerprint density at radius 2 is 1.91 bits per heavy atom. The topological polar surface area (TPSA) is 27.0 Å². The highest BCUT2D eigenvalue weighted by Crippen LogP contribution is 2.20. The van der Waals surface area contributed by atoms with Crippen molar-refractivity contribution >= 4 is 0 Å². The molecule has 2 atom stereocenters. The molecule has 2 nitrogen and oxygen atoms in total. The lowest BCUT2D eigenvalue weighted by atomic mass is 10.1. The fourth-order valence-electron chi connectivity index (χ4n) is 1.44. The molecule has 0 amide bonds. The summed E-state index contributed by atoms with van der Waals surface area (Å²) in [5, 5.41) is 8.53. The summed E-state index contributed by atoms with van der Waals surface area (Å²) in [6.45, 7) is 9.25. The third-order valence-corrected chi connectivity index (χ3v) is 1.91. The van der Waals surface area contributed by atoms with Crippen LogP contribution in [0.5, 0.6) is 0 Å². The van der Waals surface area contributed by atoms with Crippen LogP contribution in [-0.4, -0.2) is 17.5 Å². The van der Waals surface area contributed by atoms with Gasteiger partial charge in [0.25, 0.3) is 0 Å². The molecule has 1 heterocycles. The van der Waals surface area contributed by atoms with Gasteiger partial charge in [0.05, 0.1) is 0 Å². The van der Waals surface area contributed by atoms with Crippen LogP contribution < -0.4 is 0 Å². The van der Waals surface area contributed by atoms with Gasteiger partial charge in [-0.3, -0.25) is 0 Å². The fourth-order valence-corrected chi connectivity index (χ4v) is 1.44. The Hall–Kier alpha value is -0.710. The van der Waals surface area contributed by atoms with Gasteiger partial charge >= 0.3 is 0 Å². The Kier molecular flexibility index (Phi) is 4.69. The van der Waals surface area contributed by atoms with Crippen LogP contribution in [0.25, 0.3) is 0 Å². The summed E-state index contributed by atoms with van der Waals surface area (Å²) >= 11 is 0.